The van der Waals surface area contributed by atoms with E-state index in [1.54, 1.807) is 0 Å². The zero-order valence-electron chi connectivity index (χ0n) is 10.0. The number of piperidine rings is 1. The van der Waals surface area contributed by atoms with Gasteiger partial charge in [0.15, 0.2) is 0 Å². The number of rotatable bonds is 4. The third kappa shape index (κ3) is 3.93. The lowest BCUT2D eigenvalue weighted by Crippen LogP contribution is -2.42. The molecule has 1 unspecified atom stereocenters. The van der Waals surface area contributed by atoms with Gasteiger partial charge < -0.3 is 15.3 Å². The molecule has 0 aliphatic carbocycles. The first kappa shape index (κ1) is 13.3. The number of aliphatic hydroxyl groups excluding tert-OH is 1. The summed E-state index contributed by atoms with van der Waals surface area (Å²) in [5.74, 6) is 0. The fourth-order valence-electron chi connectivity index (χ4n) is 2.10. The molecule has 2 heterocycles. The van der Waals surface area contributed by atoms with Gasteiger partial charge in [-0.05, 0) is 45.1 Å². The minimum atomic E-state index is -0.438. The molecule has 1 atom stereocenters. The summed E-state index contributed by atoms with van der Waals surface area (Å²) in [6.07, 6.45) is 1.88. The Hall–Kier alpha value is -0.130. The molecule has 0 spiro atoms. The van der Waals surface area contributed by atoms with Gasteiger partial charge in [0.25, 0.3) is 0 Å². The number of aliphatic hydroxyl groups is 1. The quantitative estimate of drug-likeness (QED) is 0.883. The smallest absolute Gasteiger partial charge is 0.101 e. The van der Waals surface area contributed by atoms with Gasteiger partial charge in [0.1, 0.15) is 6.10 Å². The zero-order chi connectivity index (χ0) is 12.3. The maximum atomic E-state index is 10.00. The first-order chi connectivity index (χ1) is 8.15. The highest BCUT2D eigenvalue weighted by Gasteiger charge is 2.18. The van der Waals surface area contributed by atoms with Crippen molar-refractivity contribution in [1.82, 2.24) is 10.2 Å². The first-order valence-corrected chi connectivity index (χ1v) is 7.20. The summed E-state index contributed by atoms with van der Waals surface area (Å²) in [7, 11) is 2.15. The van der Waals surface area contributed by atoms with Gasteiger partial charge in [0, 0.05) is 17.5 Å². The average Bonchev–Trinajstić information content (AvgIpc) is 2.75. The highest BCUT2D eigenvalue weighted by atomic mass is 35.5. The molecule has 17 heavy (non-hydrogen) atoms. The second kappa shape index (κ2) is 6.16. The van der Waals surface area contributed by atoms with E-state index in [-0.39, 0.29) is 0 Å². The van der Waals surface area contributed by atoms with Crippen LogP contribution in [0.2, 0.25) is 4.34 Å². The zero-order valence-corrected chi connectivity index (χ0v) is 11.6. The van der Waals surface area contributed by atoms with Crippen LogP contribution in [0.3, 0.4) is 0 Å². The summed E-state index contributed by atoms with van der Waals surface area (Å²) in [6.45, 7) is 2.89. The van der Waals surface area contributed by atoms with Crippen molar-refractivity contribution < 1.29 is 5.11 Å². The maximum Gasteiger partial charge on any atom is 0.101 e. The second-order valence-corrected chi connectivity index (χ2v) is 6.39. The molecule has 0 bridgehead atoms. The van der Waals surface area contributed by atoms with Gasteiger partial charge in [0.2, 0.25) is 0 Å². The topological polar surface area (TPSA) is 35.5 Å². The van der Waals surface area contributed by atoms with E-state index in [9.17, 15) is 5.11 Å². The van der Waals surface area contributed by atoms with Crippen LogP contribution in [0.25, 0.3) is 0 Å². The van der Waals surface area contributed by atoms with E-state index < -0.39 is 6.10 Å². The number of hydrogen-bond acceptors (Lipinski definition) is 4. The Morgan fingerprint density at radius 1 is 1.53 bits per heavy atom. The Balaban J connectivity index is 1.74. The van der Waals surface area contributed by atoms with Crippen LogP contribution >= 0.6 is 22.9 Å². The number of nitrogens with one attached hydrogen (secondary N) is 1. The van der Waals surface area contributed by atoms with Gasteiger partial charge >= 0.3 is 0 Å². The average molecular weight is 275 g/mol. The second-order valence-electron chi connectivity index (χ2n) is 4.64. The molecular formula is C12H19ClN2OS. The number of nitrogens with zero attached hydrogens (tertiary/aromatic N) is 1. The molecule has 1 saturated heterocycles. The Labute approximate surface area is 111 Å². The van der Waals surface area contributed by atoms with Crippen LogP contribution in [0.5, 0.6) is 0 Å². The van der Waals surface area contributed by atoms with E-state index >= 15 is 0 Å². The summed E-state index contributed by atoms with van der Waals surface area (Å²) >= 11 is 7.30. The van der Waals surface area contributed by atoms with Crippen molar-refractivity contribution in [3.8, 4) is 0 Å². The van der Waals surface area contributed by atoms with Crippen molar-refractivity contribution in [2.24, 2.45) is 0 Å². The Bertz CT molecular complexity index is 350. The summed E-state index contributed by atoms with van der Waals surface area (Å²) < 4.78 is 0.735. The predicted octanol–water partition coefficient (Wildman–Crippen LogP) is 2.12. The standard InChI is InChI=1S/C12H19ClN2OS/c1-15-6-4-9(5-7-15)14-8-10(16)11-2-3-12(13)17-11/h2-3,9-10,14,16H,4-8H2,1H3. The molecule has 3 nitrogen and oxygen atoms in total. The molecule has 0 radical (unpaired) electrons. The minimum Gasteiger partial charge on any atom is -0.386 e. The fraction of sp³-hybridized carbons (Fsp3) is 0.667. The lowest BCUT2D eigenvalue weighted by molar-refractivity contribution is 0.160. The van der Waals surface area contributed by atoms with Crippen LogP contribution in [0, 0.1) is 0 Å². The molecular weight excluding hydrogens is 256 g/mol. The third-order valence-electron chi connectivity index (χ3n) is 3.24. The minimum absolute atomic E-state index is 0.438. The molecule has 0 aromatic carbocycles. The maximum absolute atomic E-state index is 10.00. The highest BCUT2D eigenvalue weighted by Crippen LogP contribution is 2.26. The lowest BCUT2D eigenvalue weighted by atomic mass is 10.1. The molecule has 0 amide bonds. The summed E-state index contributed by atoms with van der Waals surface area (Å²) in [6, 6.07) is 4.27. The number of halogens is 1. The van der Waals surface area contributed by atoms with Crippen LogP contribution in [-0.4, -0.2) is 42.7 Å². The highest BCUT2D eigenvalue weighted by molar-refractivity contribution is 7.16. The monoisotopic (exact) mass is 274 g/mol. The predicted molar refractivity (Wildman–Crippen MR) is 72.8 cm³/mol. The number of likely N-dealkylation sites (tertiary alicyclic amines) is 1. The van der Waals surface area contributed by atoms with Crippen LogP contribution in [0.15, 0.2) is 12.1 Å². The Morgan fingerprint density at radius 3 is 2.82 bits per heavy atom. The largest absolute Gasteiger partial charge is 0.386 e. The van der Waals surface area contributed by atoms with Crippen LogP contribution in [0.1, 0.15) is 23.8 Å². The summed E-state index contributed by atoms with van der Waals surface area (Å²) in [5, 5.41) is 13.4. The van der Waals surface area contributed by atoms with Crippen molar-refractivity contribution in [3.05, 3.63) is 21.3 Å². The van der Waals surface area contributed by atoms with E-state index in [0.717, 1.165) is 35.1 Å². The molecule has 1 aromatic heterocycles. The van der Waals surface area contributed by atoms with Gasteiger partial charge in [-0.25, -0.2) is 0 Å². The van der Waals surface area contributed by atoms with Gasteiger partial charge in [-0.3, -0.25) is 0 Å². The van der Waals surface area contributed by atoms with E-state index in [1.165, 1.54) is 11.3 Å². The molecule has 1 fully saturated rings. The van der Waals surface area contributed by atoms with E-state index in [4.69, 9.17) is 11.6 Å². The van der Waals surface area contributed by atoms with Crippen LogP contribution in [-0.2, 0) is 0 Å². The molecule has 5 heteroatoms. The van der Waals surface area contributed by atoms with E-state index in [2.05, 4.69) is 17.3 Å². The Morgan fingerprint density at radius 2 is 2.24 bits per heavy atom. The molecule has 1 aliphatic rings. The SMILES string of the molecule is CN1CCC(NCC(O)c2ccc(Cl)s2)CC1. The summed E-state index contributed by atoms with van der Waals surface area (Å²) in [4.78, 5) is 3.28. The lowest BCUT2D eigenvalue weighted by Gasteiger charge is -2.30. The van der Waals surface area contributed by atoms with Crippen molar-refractivity contribution in [2.45, 2.75) is 25.0 Å². The van der Waals surface area contributed by atoms with E-state index in [1.807, 2.05) is 12.1 Å². The molecule has 96 valence electrons. The van der Waals surface area contributed by atoms with E-state index in [0.29, 0.717) is 12.6 Å². The van der Waals surface area contributed by atoms with Crippen LogP contribution in [0.4, 0.5) is 0 Å². The fourth-order valence-corrected chi connectivity index (χ4v) is 3.15. The molecule has 2 rings (SSSR count). The van der Waals surface area contributed by atoms with Crippen molar-refractivity contribution >= 4 is 22.9 Å². The normalized spacial score (nSPS) is 20.6. The van der Waals surface area contributed by atoms with Gasteiger partial charge in [-0.2, -0.15) is 0 Å². The molecule has 2 N–H and O–H groups in total. The summed E-state index contributed by atoms with van der Waals surface area (Å²) in [5.41, 5.74) is 0. The molecule has 1 aliphatic heterocycles. The third-order valence-corrected chi connectivity index (χ3v) is 4.57. The van der Waals surface area contributed by atoms with Crippen molar-refractivity contribution in [3.63, 3.8) is 0 Å². The number of hydrogen-bond donors (Lipinski definition) is 2. The molecule has 0 saturated carbocycles. The van der Waals surface area contributed by atoms with Crippen molar-refractivity contribution in [2.75, 3.05) is 26.7 Å². The Kier molecular flexibility index (Phi) is 4.82. The van der Waals surface area contributed by atoms with Gasteiger partial charge in [0.05, 0.1) is 4.34 Å². The number of thiophene rings is 1. The van der Waals surface area contributed by atoms with Crippen molar-refractivity contribution in [1.29, 1.82) is 0 Å². The first-order valence-electron chi connectivity index (χ1n) is 6.00. The molecule has 1 aromatic rings. The van der Waals surface area contributed by atoms with Gasteiger partial charge in [-0.15, -0.1) is 11.3 Å². The van der Waals surface area contributed by atoms with Crippen LogP contribution < -0.4 is 5.32 Å². The van der Waals surface area contributed by atoms with Gasteiger partial charge in [-0.1, -0.05) is 11.6 Å².